The molecule has 16 heavy (non-hydrogen) atoms. The molecule has 1 aromatic rings. The van der Waals surface area contributed by atoms with Gasteiger partial charge in [0.15, 0.2) is 0 Å². The summed E-state index contributed by atoms with van der Waals surface area (Å²) in [6, 6.07) is 9.41. The van der Waals surface area contributed by atoms with Crippen molar-refractivity contribution in [3.8, 4) is 0 Å². The van der Waals surface area contributed by atoms with Crippen molar-refractivity contribution in [1.29, 1.82) is 0 Å². The van der Waals surface area contributed by atoms with Crippen LogP contribution in [0.4, 0.5) is 0 Å². The van der Waals surface area contributed by atoms with Crippen LogP contribution in [0.2, 0.25) is 0 Å². The molecule has 1 fully saturated rings. The fourth-order valence-corrected chi connectivity index (χ4v) is 3.22. The van der Waals surface area contributed by atoms with Crippen LogP contribution in [0.1, 0.15) is 38.7 Å². The number of hydrogen-bond donors (Lipinski definition) is 1. The molecule has 0 saturated heterocycles. The number of halogens is 1. The molecule has 0 bridgehead atoms. The highest BCUT2D eigenvalue weighted by Crippen LogP contribution is 2.52. The van der Waals surface area contributed by atoms with Crippen molar-refractivity contribution in [3.63, 3.8) is 0 Å². The van der Waals surface area contributed by atoms with Gasteiger partial charge in [0.1, 0.15) is 0 Å². The van der Waals surface area contributed by atoms with Crippen molar-refractivity contribution in [2.24, 2.45) is 5.41 Å². The number of nitrogens with one attached hydrogen (secondary N) is 1. The second-order valence-corrected chi connectivity index (χ2v) is 6.19. The Balaban J connectivity index is 2.14. The van der Waals surface area contributed by atoms with Gasteiger partial charge in [-0.25, -0.2) is 0 Å². The van der Waals surface area contributed by atoms with Crippen molar-refractivity contribution < 1.29 is 0 Å². The van der Waals surface area contributed by atoms with Gasteiger partial charge in [0.2, 0.25) is 0 Å². The second kappa shape index (κ2) is 4.50. The maximum absolute atomic E-state index is 3.57. The van der Waals surface area contributed by atoms with Gasteiger partial charge in [-0.05, 0) is 42.0 Å². The van der Waals surface area contributed by atoms with E-state index < -0.39 is 0 Å². The molecule has 2 rings (SSSR count). The lowest BCUT2D eigenvalue weighted by atomic mass is 9.56. The lowest BCUT2D eigenvalue weighted by Gasteiger charge is -2.53. The highest BCUT2D eigenvalue weighted by molar-refractivity contribution is 9.10. The Labute approximate surface area is 107 Å². The van der Waals surface area contributed by atoms with E-state index in [-0.39, 0.29) is 0 Å². The minimum absolute atomic E-state index is 0.372. The second-order valence-electron chi connectivity index (χ2n) is 5.27. The molecular weight excluding hydrogens is 262 g/mol. The van der Waals surface area contributed by atoms with Crippen LogP contribution < -0.4 is 5.32 Å². The molecule has 1 nitrogen and oxygen atoms in total. The van der Waals surface area contributed by atoms with E-state index in [4.69, 9.17) is 0 Å². The van der Waals surface area contributed by atoms with Crippen LogP contribution in [-0.4, -0.2) is 12.6 Å². The maximum Gasteiger partial charge on any atom is 0.0178 e. The Morgan fingerprint density at radius 1 is 1.44 bits per heavy atom. The van der Waals surface area contributed by atoms with E-state index in [9.17, 15) is 0 Å². The van der Waals surface area contributed by atoms with Gasteiger partial charge in [-0.1, -0.05) is 48.8 Å². The molecule has 2 unspecified atom stereocenters. The highest BCUT2D eigenvalue weighted by atomic mass is 79.9. The number of benzene rings is 1. The molecule has 0 amide bonds. The fraction of sp³-hybridized carbons (Fsp3) is 0.571. The van der Waals surface area contributed by atoms with Crippen LogP contribution in [0, 0.1) is 5.41 Å². The molecule has 0 radical (unpaired) electrons. The zero-order chi connectivity index (χ0) is 11.8. The zero-order valence-corrected chi connectivity index (χ0v) is 11.8. The third-order valence-electron chi connectivity index (χ3n) is 3.97. The predicted octanol–water partition coefficient (Wildman–Crippen LogP) is 3.94. The van der Waals surface area contributed by atoms with Crippen LogP contribution in [-0.2, 0) is 0 Å². The summed E-state index contributed by atoms with van der Waals surface area (Å²) in [5, 5.41) is 3.57. The van der Waals surface area contributed by atoms with Crippen molar-refractivity contribution in [3.05, 3.63) is 34.3 Å². The van der Waals surface area contributed by atoms with Crippen LogP contribution in [0.25, 0.3) is 0 Å². The van der Waals surface area contributed by atoms with Crippen molar-refractivity contribution >= 4 is 15.9 Å². The van der Waals surface area contributed by atoms with Gasteiger partial charge in [-0.2, -0.15) is 0 Å². The first-order valence-corrected chi connectivity index (χ1v) is 6.84. The van der Waals surface area contributed by atoms with Crippen LogP contribution in [0.5, 0.6) is 0 Å². The van der Waals surface area contributed by atoms with E-state index in [1.165, 1.54) is 16.5 Å². The van der Waals surface area contributed by atoms with Gasteiger partial charge < -0.3 is 5.32 Å². The Kier molecular flexibility index (Phi) is 3.41. The van der Waals surface area contributed by atoms with Crippen LogP contribution in [0.15, 0.2) is 28.7 Å². The normalized spacial score (nSPS) is 27.5. The summed E-state index contributed by atoms with van der Waals surface area (Å²) in [6.45, 7) is 7.99. The molecule has 0 aromatic heterocycles. The summed E-state index contributed by atoms with van der Waals surface area (Å²) in [5.41, 5.74) is 1.84. The van der Waals surface area contributed by atoms with Gasteiger partial charge in [-0.15, -0.1) is 0 Å². The summed E-state index contributed by atoms with van der Waals surface area (Å²) in [5.74, 6) is 0.689. The minimum Gasteiger partial charge on any atom is -0.314 e. The van der Waals surface area contributed by atoms with Crippen molar-refractivity contribution in [2.75, 3.05) is 6.54 Å². The van der Waals surface area contributed by atoms with Crippen LogP contribution >= 0.6 is 15.9 Å². The first kappa shape index (κ1) is 12.1. The van der Waals surface area contributed by atoms with E-state index in [1.807, 2.05) is 0 Å². The molecule has 88 valence electrons. The Hall–Kier alpha value is -0.340. The maximum atomic E-state index is 3.57. The van der Waals surface area contributed by atoms with E-state index in [0.29, 0.717) is 17.4 Å². The molecular formula is C14H20BrN. The summed E-state index contributed by atoms with van der Waals surface area (Å²) < 4.78 is 1.19. The molecule has 1 N–H and O–H groups in total. The monoisotopic (exact) mass is 281 g/mol. The van der Waals surface area contributed by atoms with E-state index in [1.54, 1.807) is 0 Å². The SMILES string of the molecule is CCNC1CC(c2cccc(Br)c2)C1(C)C. The van der Waals surface area contributed by atoms with Crippen LogP contribution in [0.3, 0.4) is 0 Å². The Morgan fingerprint density at radius 3 is 2.75 bits per heavy atom. The molecule has 1 aliphatic carbocycles. The van der Waals surface area contributed by atoms with Crippen molar-refractivity contribution in [2.45, 2.75) is 39.2 Å². The summed E-state index contributed by atoms with van der Waals surface area (Å²) in [7, 11) is 0. The standard InChI is InChI=1S/C14H20BrN/c1-4-16-13-9-12(14(13,2)3)10-6-5-7-11(15)8-10/h5-8,12-13,16H,4,9H2,1-3H3. The van der Waals surface area contributed by atoms with Gasteiger partial charge >= 0.3 is 0 Å². The molecule has 1 aliphatic rings. The van der Waals surface area contributed by atoms with E-state index >= 15 is 0 Å². The average Bonchev–Trinajstić information content (AvgIpc) is 2.23. The smallest absolute Gasteiger partial charge is 0.0178 e. The zero-order valence-electron chi connectivity index (χ0n) is 10.3. The molecule has 2 heteroatoms. The summed E-state index contributed by atoms with van der Waals surface area (Å²) >= 11 is 3.55. The summed E-state index contributed by atoms with van der Waals surface area (Å²) in [4.78, 5) is 0. The number of hydrogen-bond acceptors (Lipinski definition) is 1. The van der Waals surface area contributed by atoms with E-state index in [2.05, 4.69) is 66.3 Å². The van der Waals surface area contributed by atoms with Gasteiger partial charge in [0, 0.05) is 10.5 Å². The molecule has 0 spiro atoms. The quantitative estimate of drug-likeness (QED) is 0.885. The predicted molar refractivity (Wildman–Crippen MR) is 72.7 cm³/mol. The molecule has 1 saturated carbocycles. The highest BCUT2D eigenvalue weighted by Gasteiger charge is 2.47. The first-order chi connectivity index (χ1) is 7.55. The fourth-order valence-electron chi connectivity index (χ4n) is 2.81. The number of rotatable bonds is 3. The largest absolute Gasteiger partial charge is 0.314 e. The van der Waals surface area contributed by atoms with E-state index in [0.717, 1.165) is 6.54 Å². The lowest BCUT2D eigenvalue weighted by molar-refractivity contribution is 0.0706. The first-order valence-electron chi connectivity index (χ1n) is 6.04. The lowest BCUT2D eigenvalue weighted by Crippen LogP contribution is -2.55. The average molecular weight is 282 g/mol. The molecule has 2 atom stereocenters. The summed E-state index contributed by atoms with van der Waals surface area (Å²) in [6.07, 6.45) is 1.26. The molecule has 0 aliphatic heterocycles. The van der Waals surface area contributed by atoms with Gasteiger partial charge in [-0.3, -0.25) is 0 Å². The molecule has 0 heterocycles. The molecule has 1 aromatic carbocycles. The van der Waals surface area contributed by atoms with Gasteiger partial charge in [0.05, 0.1) is 0 Å². The van der Waals surface area contributed by atoms with Crippen molar-refractivity contribution in [1.82, 2.24) is 5.32 Å². The van der Waals surface area contributed by atoms with Gasteiger partial charge in [0.25, 0.3) is 0 Å². The minimum atomic E-state index is 0.372. The topological polar surface area (TPSA) is 12.0 Å². The Morgan fingerprint density at radius 2 is 2.19 bits per heavy atom. The third-order valence-corrected chi connectivity index (χ3v) is 4.46. The Bertz CT molecular complexity index is 373. The third kappa shape index (κ3) is 2.05.